The Bertz CT molecular complexity index is 297. The third-order valence-corrected chi connectivity index (χ3v) is 1.36. The van der Waals surface area contributed by atoms with Crippen molar-refractivity contribution in [1.29, 1.82) is 0 Å². The maximum absolute atomic E-state index is 12.5. The third kappa shape index (κ3) is 1.85. The molecule has 2 nitrogen and oxygen atoms in total. The monoisotopic (exact) mass is 196 g/mol. The molecule has 0 amide bonds. The molecule has 0 N–H and O–H groups in total. The number of rotatable bonds is 1. The van der Waals surface area contributed by atoms with Gasteiger partial charge in [0, 0.05) is 6.92 Å². The van der Waals surface area contributed by atoms with Gasteiger partial charge in [-0.25, -0.2) is 14.4 Å². The van der Waals surface area contributed by atoms with Gasteiger partial charge in [0.1, 0.15) is 0 Å². The molecule has 1 heterocycles. The molecular weight excluding hydrogens is 193 g/mol. The summed E-state index contributed by atoms with van der Waals surface area (Å²) in [7, 11) is 0. The van der Waals surface area contributed by atoms with Crippen LogP contribution in [0.1, 0.15) is 12.7 Å². The molecule has 1 aromatic heterocycles. The molecule has 0 aromatic carbocycles. The van der Waals surface area contributed by atoms with E-state index < -0.39 is 22.7 Å². The van der Waals surface area contributed by atoms with E-state index >= 15 is 0 Å². The van der Waals surface area contributed by atoms with Gasteiger partial charge in [-0.2, -0.15) is 8.78 Å². The van der Waals surface area contributed by atoms with Crippen molar-refractivity contribution < 1.29 is 13.2 Å². The Balaban J connectivity index is 3.14. The molecule has 1 aromatic rings. The average molecular weight is 197 g/mol. The Morgan fingerprint density at radius 2 is 2.08 bits per heavy atom. The van der Waals surface area contributed by atoms with E-state index in [9.17, 15) is 13.2 Å². The molecule has 12 heavy (non-hydrogen) atoms. The second-order valence-electron chi connectivity index (χ2n) is 2.22. The van der Waals surface area contributed by atoms with Gasteiger partial charge in [-0.05, 0) is 0 Å². The van der Waals surface area contributed by atoms with E-state index in [-0.39, 0.29) is 0 Å². The predicted molar refractivity (Wildman–Crippen MR) is 36.6 cm³/mol. The number of hydrogen-bond acceptors (Lipinski definition) is 2. The SMILES string of the molecule is CC(F)(F)c1ncc(F)c(Cl)n1. The van der Waals surface area contributed by atoms with E-state index in [1.807, 2.05) is 0 Å². The molecule has 0 aliphatic carbocycles. The van der Waals surface area contributed by atoms with Crippen LogP contribution in [0.15, 0.2) is 6.20 Å². The summed E-state index contributed by atoms with van der Waals surface area (Å²) >= 11 is 5.16. The molecule has 66 valence electrons. The van der Waals surface area contributed by atoms with Gasteiger partial charge in [0.2, 0.25) is 0 Å². The zero-order chi connectivity index (χ0) is 9.35. The highest BCUT2D eigenvalue weighted by Crippen LogP contribution is 2.24. The summed E-state index contributed by atoms with van der Waals surface area (Å²) in [4.78, 5) is 6.16. The van der Waals surface area contributed by atoms with E-state index in [2.05, 4.69) is 9.97 Å². The lowest BCUT2D eigenvalue weighted by Crippen LogP contribution is -2.12. The summed E-state index contributed by atoms with van der Waals surface area (Å²) in [6.07, 6.45) is 0.613. The van der Waals surface area contributed by atoms with Gasteiger partial charge in [0.15, 0.2) is 16.8 Å². The summed E-state index contributed by atoms with van der Waals surface area (Å²) in [5.74, 6) is -4.89. The summed E-state index contributed by atoms with van der Waals surface area (Å²) in [5.41, 5.74) is 0. The first-order valence-electron chi connectivity index (χ1n) is 2.97. The Hall–Kier alpha value is -0.840. The largest absolute Gasteiger partial charge is 0.303 e. The van der Waals surface area contributed by atoms with Gasteiger partial charge in [-0.15, -0.1) is 0 Å². The van der Waals surface area contributed by atoms with Crippen molar-refractivity contribution in [2.24, 2.45) is 0 Å². The van der Waals surface area contributed by atoms with Crippen LogP contribution in [0.2, 0.25) is 5.15 Å². The highest BCUT2D eigenvalue weighted by Gasteiger charge is 2.28. The van der Waals surface area contributed by atoms with Gasteiger partial charge in [-0.3, -0.25) is 0 Å². The normalized spacial score (nSPS) is 11.8. The molecule has 0 unspecified atom stereocenters. The van der Waals surface area contributed by atoms with Crippen molar-refractivity contribution in [3.63, 3.8) is 0 Å². The molecular formula is C6H4ClF3N2. The first-order valence-corrected chi connectivity index (χ1v) is 3.35. The van der Waals surface area contributed by atoms with Gasteiger partial charge < -0.3 is 0 Å². The summed E-state index contributed by atoms with van der Waals surface area (Å²) in [6.45, 7) is 0.608. The zero-order valence-corrected chi connectivity index (χ0v) is 6.74. The molecule has 0 bridgehead atoms. The van der Waals surface area contributed by atoms with Gasteiger partial charge in [0.05, 0.1) is 6.20 Å². The van der Waals surface area contributed by atoms with E-state index in [0.717, 1.165) is 0 Å². The zero-order valence-electron chi connectivity index (χ0n) is 5.98. The predicted octanol–water partition coefficient (Wildman–Crippen LogP) is 2.38. The van der Waals surface area contributed by atoms with Crippen molar-refractivity contribution in [1.82, 2.24) is 9.97 Å². The number of alkyl halides is 2. The lowest BCUT2D eigenvalue weighted by molar-refractivity contribution is 0.00750. The van der Waals surface area contributed by atoms with Crippen molar-refractivity contribution in [2.75, 3.05) is 0 Å². The first-order chi connectivity index (χ1) is 5.41. The van der Waals surface area contributed by atoms with Crippen molar-refractivity contribution in [3.05, 3.63) is 23.0 Å². The van der Waals surface area contributed by atoms with Gasteiger partial charge in [0.25, 0.3) is 0 Å². The fourth-order valence-corrected chi connectivity index (χ4v) is 0.687. The van der Waals surface area contributed by atoms with E-state index in [1.165, 1.54) is 0 Å². The topological polar surface area (TPSA) is 25.8 Å². The van der Waals surface area contributed by atoms with Crippen molar-refractivity contribution in [3.8, 4) is 0 Å². The summed E-state index contributed by atoms with van der Waals surface area (Å²) < 4.78 is 37.3. The maximum atomic E-state index is 12.5. The van der Waals surface area contributed by atoms with Gasteiger partial charge in [-0.1, -0.05) is 11.6 Å². The lowest BCUT2D eigenvalue weighted by Gasteiger charge is -2.07. The fraction of sp³-hybridized carbons (Fsp3) is 0.333. The molecule has 0 aliphatic rings. The molecule has 0 saturated heterocycles. The fourth-order valence-electron chi connectivity index (χ4n) is 0.558. The molecule has 0 radical (unpaired) electrons. The van der Waals surface area contributed by atoms with Crippen molar-refractivity contribution in [2.45, 2.75) is 12.8 Å². The molecule has 0 saturated carbocycles. The third-order valence-electron chi connectivity index (χ3n) is 1.09. The quantitative estimate of drug-likeness (QED) is 0.645. The van der Waals surface area contributed by atoms with Crippen LogP contribution in [0, 0.1) is 5.82 Å². The highest BCUT2D eigenvalue weighted by molar-refractivity contribution is 6.29. The van der Waals surface area contributed by atoms with Crippen LogP contribution in [0.4, 0.5) is 13.2 Å². The maximum Gasteiger partial charge on any atom is 0.303 e. The van der Waals surface area contributed by atoms with Crippen LogP contribution in [0.5, 0.6) is 0 Å². The van der Waals surface area contributed by atoms with E-state index in [1.54, 1.807) is 0 Å². The molecule has 0 atom stereocenters. The first kappa shape index (κ1) is 9.25. The van der Waals surface area contributed by atoms with Crippen LogP contribution in [-0.4, -0.2) is 9.97 Å². The number of hydrogen-bond donors (Lipinski definition) is 0. The molecule has 1 rings (SSSR count). The van der Waals surface area contributed by atoms with Crippen LogP contribution in [0.3, 0.4) is 0 Å². The smallest absolute Gasteiger partial charge is 0.232 e. The molecule has 0 aliphatic heterocycles. The van der Waals surface area contributed by atoms with Crippen LogP contribution in [-0.2, 0) is 5.92 Å². The minimum atomic E-state index is -3.20. The highest BCUT2D eigenvalue weighted by atomic mass is 35.5. The minimum Gasteiger partial charge on any atom is -0.232 e. The molecule has 0 fully saturated rings. The summed E-state index contributed by atoms with van der Waals surface area (Å²) in [5, 5.41) is -0.596. The standard InChI is InChI=1S/C6H4ClF3N2/c1-6(9,10)5-11-2-3(8)4(7)12-5/h2H,1H3. The number of aromatic nitrogens is 2. The summed E-state index contributed by atoms with van der Waals surface area (Å²) in [6, 6.07) is 0. The van der Waals surface area contributed by atoms with Gasteiger partial charge >= 0.3 is 5.92 Å². The second-order valence-corrected chi connectivity index (χ2v) is 2.58. The average Bonchev–Trinajstić information content (AvgIpc) is 1.92. The van der Waals surface area contributed by atoms with Crippen LogP contribution in [0.25, 0.3) is 0 Å². The Morgan fingerprint density at radius 1 is 1.50 bits per heavy atom. The van der Waals surface area contributed by atoms with E-state index in [0.29, 0.717) is 13.1 Å². The molecule has 0 spiro atoms. The Kier molecular flexibility index (Phi) is 2.23. The van der Waals surface area contributed by atoms with Crippen LogP contribution < -0.4 is 0 Å². The van der Waals surface area contributed by atoms with Crippen LogP contribution >= 0.6 is 11.6 Å². The van der Waals surface area contributed by atoms with Crippen molar-refractivity contribution >= 4 is 11.6 Å². The Labute approximate surface area is 71.4 Å². The number of nitrogens with zero attached hydrogens (tertiary/aromatic N) is 2. The number of halogens is 4. The van der Waals surface area contributed by atoms with E-state index in [4.69, 9.17) is 11.6 Å². The second kappa shape index (κ2) is 2.90. The lowest BCUT2D eigenvalue weighted by atomic mass is 10.3. The minimum absolute atomic E-state index is 0.596. The Morgan fingerprint density at radius 3 is 2.50 bits per heavy atom. The molecule has 6 heteroatoms.